The predicted molar refractivity (Wildman–Crippen MR) is 96.7 cm³/mol. The van der Waals surface area contributed by atoms with Crippen molar-refractivity contribution in [1.29, 1.82) is 0 Å². The van der Waals surface area contributed by atoms with E-state index < -0.39 is 0 Å². The van der Waals surface area contributed by atoms with Crippen LogP contribution in [0.1, 0.15) is 6.92 Å². The average Bonchev–Trinajstić information content (AvgIpc) is 2.54. The predicted octanol–water partition coefficient (Wildman–Crippen LogP) is 3.00. The van der Waals surface area contributed by atoms with Gasteiger partial charge in [0.1, 0.15) is 0 Å². The zero-order valence-electron chi connectivity index (χ0n) is 13.5. The van der Waals surface area contributed by atoms with Gasteiger partial charge in [-0.1, -0.05) is 6.08 Å². The lowest BCUT2D eigenvalue weighted by Gasteiger charge is -2.14. The number of benzene rings is 1. The molecule has 2 N–H and O–H groups in total. The molecule has 1 aromatic rings. The molecule has 0 aliphatic rings. The highest BCUT2D eigenvalue weighted by molar-refractivity contribution is 7.99. The molecule has 0 atom stereocenters. The molecular weight excluding hydrogens is 298 g/mol. The molecule has 6 heteroatoms. The number of anilines is 1. The van der Waals surface area contributed by atoms with Crippen molar-refractivity contribution in [2.75, 3.05) is 44.1 Å². The van der Waals surface area contributed by atoms with Crippen LogP contribution in [0.15, 0.2) is 35.8 Å². The lowest BCUT2D eigenvalue weighted by molar-refractivity contribution is 0.311. The van der Waals surface area contributed by atoms with E-state index in [1.807, 2.05) is 43.0 Å². The van der Waals surface area contributed by atoms with E-state index in [0.29, 0.717) is 12.4 Å². The SMILES string of the molecule is C=CCSCCNC(=NC)Nc1ccc(OC)c(OCC)c1. The number of guanidine groups is 1. The van der Waals surface area contributed by atoms with Crippen LogP contribution in [0.4, 0.5) is 5.69 Å². The van der Waals surface area contributed by atoms with Crippen molar-refractivity contribution in [3.8, 4) is 11.5 Å². The van der Waals surface area contributed by atoms with Gasteiger partial charge >= 0.3 is 0 Å². The minimum Gasteiger partial charge on any atom is -0.493 e. The van der Waals surface area contributed by atoms with Crippen LogP contribution in [-0.4, -0.2) is 44.8 Å². The fourth-order valence-electron chi connectivity index (χ4n) is 1.75. The van der Waals surface area contributed by atoms with Crippen molar-refractivity contribution in [3.63, 3.8) is 0 Å². The fourth-order valence-corrected chi connectivity index (χ4v) is 2.33. The van der Waals surface area contributed by atoms with Gasteiger partial charge in [0.15, 0.2) is 17.5 Å². The Hall–Kier alpha value is -1.82. The highest BCUT2D eigenvalue weighted by Crippen LogP contribution is 2.30. The highest BCUT2D eigenvalue weighted by Gasteiger charge is 2.06. The van der Waals surface area contributed by atoms with Gasteiger partial charge in [-0.25, -0.2) is 0 Å². The molecule has 0 heterocycles. The fraction of sp³-hybridized carbons (Fsp3) is 0.438. The number of hydrogen-bond donors (Lipinski definition) is 2. The molecule has 0 radical (unpaired) electrons. The third kappa shape index (κ3) is 6.30. The first-order valence-electron chi connectivity index (χ1n) is 7.22. The maximum atomic E-state index is 5.57. The molecule has 0 aromatic heterocycles. The monoisotopic (exact) mass is 323 g/mol. The second kappa shape index (κ2) is 10.8. The summed E-state index contributed by atoms with van der Waals surface area (Å²) in [5.41, 5.74) is 0.899. The first-order valence-corrected chi connectivity index (χ1v) is 8.37. The van der Waals surface area contributed by atoms with Gasteiger partial charge < -0.3 is 20.1 Å². The third-order valence-corrected chi connectivity index (χ3v) is 3.69. The molecule has 0 saturated heterocycles. The van der Waals surface area contributed by atoms with Gasteiger partial charge in [-0.3, -0.25) is 4.99 Å². The second-order valence-corrected chi connectivity index (χ2v) is 5.44. The van der Waals surface area contributed by atoms with Gasteiger partial charge in [0.25, 0.3) is 0 Å². The van der Waals surface area contributed by atoms with E-state index in [-0.39, 0.29) is 0 Å². The quantitative estimate of drug-likeness (QED) is 0.317. The summed E-state index contributed by atoms with van der Waals surface area (Å²) in [5, 5.41) is 6.51. The van der Waals surface area contributed by atoms with Crippen LogP contribution in [0.25, 0.3) is 0 Å². The summed E-state index contributed by atoms with van der Waals surface area (Å²) in [6.45, 7) is 7.08. The molecule has 0 amide bonds. The third-order valence-electron chi connectivity index (χ3n) is 2.72. The van der Waals surface area contributed by atoms with E-state index in [4.69, 9.17) is 9.47 Å². The van der Waals surface area contributed by atoms with Crippen LogP contribution < -0.4 is 20.1 Å². The Balaban J connectivity index is 2.59. The van der Waals surface area contributed by atoms with Crippen LogP contribution >= 0.6 is 11.8 Å². The van der Waals surface area contributed by atoms with E-state index in [0.717, 1.165) is 35.4 Å². The molecule has 1 rings (SSSR count). The van der Waals surface area contributed by atoms with Gasteiger partial charge in [-0.15, -0.1) is 6.58 Å². The van der Waals surface area contributed by atoms with Crippen molar-refractivity contribution in [1.82, 2.24) is 5.32 Å². The summed E-state index contributed by atoms with van der Waals surface area (Å²) in [4.78, 5) is 4.21. The van der Waals surface area contributed by atoms with Gasteiger partial charge in [0.2, 0.25) is 0 Å². The summed E-state index contributed by atoms with van der Waals surface area (Å²) < 4.78 is 10.8. The van der Waals surface area contributed by atoms with Gasteiger partial charge in [0.05, 0.1) is 13.7 Å². The Morgan fingerprint density at radius 1 is 1.41 bits per heavy atom. The van der Waals surface area contributed by atoms with Gasteiger partial charge in [0, 0.05) is 36.9 Å². The summed E-state index contributed by atoms with van der Waals surface area (Å²) in [5.74, 6) is 4.12. The number of nitrogens with zero attached hydrogens (tertiary/aromatic N) is 1. The maximum Gasteiger partial charge on any atom is 0.195 e. The Morgan fingerprint density at radius 2 is 2.23 bits per heavy atom. The van der Waals surface area contributed by atoms with Gasteiger partial charge in [-0.05, 0) is 19.1 Å². The molecule has 0 fully saturated rings. The van der Waals surface area contributed by atoms with Crippen molar-refractivity contribution in [3.05, 3.63) is 30.9 Å². The Bertz CT molecular complexity index is 492. The minimum atomic E-state index is 0.591. The molecule has 0 saturated carbocycles. The number of rotatable bonds is 9. The summed E-state index contributed by atoms with van der Waals surface area (Å²) in [6.07, 6.45) is 1.91. The van der Waals surface area contributed by atoms with E-state index in [1.165, 1.54) is 0 Å². The molecule has 1 aromatic carbocycles. The minimum absolute atomic E-state index is 0.591. The number of nitrogens with one attached hydrogen (secondary N) is 2. The molecule has 22 heavy (non-hydrogen) atoms. The molecule has 0 bridgehead atoms. The number of thioether (sulfide) groups is 1. The molecule has 0 unspecified atom stereocenters. The largest absolute Gasteiger partial charge is 0.493 e. The highest BCUT2D eigenvalue weighted by atomic mass is 32.2. The molecule has 5 nitrogen and oxygen atoms in total. The van der Waals surface area contributed by atoms with Crippen molar-refractivity contribution >= 4 is 23.4 Å². The van der Waals surface area contributed by atoms with Crippen molar-refractivity contribution in [2.45, 2.75) is 6.92 Å². The Labute approximate surface area is 137 Å². The maximum absolute atomic E-state index is 5.57. The summed E-state index contributed by atoms with van der Waals surface area (Å²) >= 11 is 1.83. The van der Waals surface area contributed by atoms with Crippen molar-refractivity contribution in [2.24, 2.45) is 4.99 Å². The van der Waals surface area contributed by atoms with E-state index in [2.05, 4.69) is 22.2 Å². The Kier molecular flexibility index (Phi) is 8.98. The molecule has 0 aliphatic heterocycles. The topological polar surface area (TPSA) is 54.9 Å². The van der Waals surface area contributed by atoms with Crippen LogP contribution in [0.5, 0.6) is 11.5 Å². The van der Waals surface area contributed by atoms with Crippen LogP contribution in [0.3, 0.4) is 0 Å². The molecule has 0 spiro atoms. The van der Waals surface area contributed by atoms with E-state index >= 15 is 0 Å². The van der Waals surface area contributed by atoms with Crippen LogP contribution in [-0.2, 0) is 0 Å². The van der Waals surface area contributed by atoms with Crippen LogP contribution in [0.2, 0.25) is 0 Å². The zero-order chi connectivity index (χ0) is 16.2. The Morgan fingerprint density at radius 3 is 2.86 bits per heavy atom. The molecular formula is C16H25N3O2S. The first kappa shape index (κ1) is 18.2. The van der Waals surface area contributed by atoms with E-state index in [9.17, 15) is 0 Å². The number of methoxy groups -OCH3 is 1. The number of hydrogen-bond acceptors (Lipinski definition) is 4. The van der Waals surface area contributed by atoms with E-state index in [1.54, 1.807) is 14.2 Å². The lowest BCUT2D eigenvalue weighted by atomic mass is 10.2. The number of aliphatic imine (C=N–C) groups is 1. The molecule has 122 valence electrons. The normalized spacial score (nSPS) is 11.0. The lowest BCUT2D eigenvalue weighted by Crippen LogP contribution is -2.32. The summed E-state index contributed by atoms with van der Waals surface area (Å²) in [6, 6.07) is 5.71. The first-order chi connectivity index (χ1) is 10.7. The molecule has 0 aliphatic carbocycles. The average molecular weight is 323 g/mol. The van der Waals surface area contributed by atoms with Crippen molar-refractivity contribution < 1.29 is 9.47 Å². The number of ether oxygens (including phenoxy) is 2. The zero-order valence-corrected chi connectivity index (χ0v) is 14.3. The smallest absolute Gasteiger partial charge is 0.195 e. The van der Waals surface area contributed by atoms with Gasteiger partial charge in [-0.2, -0.15) is 11.8 Å². The van der Waals surface area contributed by atoms with Crippen LogP contribution in [0, 0.1) is 0 Å². The standard InChI is InChI=1S/C16H25N3O2S/c1-5-10-22-11-9-18-16(17-3)19-13-7-8-14(20-4)15(12-13)21-6-2/h5,7-8,12H,1,6,9-11H2,2-4H3,(H2,17,18,19). The second-order valence-electron chi connectivity index (χ2n) is 4.29. The summed E-state index contributed by atoms with van der Waals surface area (Å²) in [7, 11) is 3.38.